The summed E-state index contributed by atoms with van der Waals surface area (Å²) in [5.41, 5.74) is 1.40. The quantitative estimate of drug-likeness (QED) is 0.799. The van der Waals surface area contributed by atoms with Crippen LogP contribution >= 0.6 is 0 Å². The van der Waals surface area contributed by atoms with Crippen molar-refractivity contribution in [3.63, 3.8) is 0 Å². The summed E-state index contributed by atoms with van der Waals surface area (Å²) < 4.78 is 1.66. The van der Waals surface area contributed by atoms with Gasteiger partial charge in [0.15, 0.2) is 0 Å². The number of aromatic nitrogens is 2. The summed E-state index contributed by atoms with van der Waals surface area (Å²) in [6.45, 7) is 7.36. The maximum Gasteiger partial charge on any atom is 0.307 e. The van der Waals surface area contributed by atoms with E-state index in [0.29, 0.717) is 12.2 Å². The number of carbonyl (C=O) groups is 1. The molecule has 1 heterocycles. The van der Waals surface area contributed by atoms with Crippen LogP contribution in [0, 0.1) is 13.8 Å². The number of hydrogen-bond acceptors (Lipinski definition) is 3. The maximum absolute atomic E-state index is 10.7. The van der Waals surface area contributed by atoms with Gasteiger partial charge in [0, 0.05) is 11.3 Å². The van der Waals surface area contributed by atoms with E-state index in [1.807, 2.05) is 6.92 Å². The third kappa shape index (κ3) is 3.06. The predicted octanol–water partition coefficient (Wildman–Crippen LogP) is 0.898. The van der Waals surface area contributed by atoms with E-state index in [4.69, 9.17) is 5.11 Å². The molecule has 0 unspecified atom stereocenters. The molecule has 1 rings (SSSR count). The van der Waals surface area contributed by atoms with Crippen molar-refractivity contribution in [1.29, 1.82) is 0 Å². The van der Waals surface area contributed by atoms with Crippen molar-refractivity contribution in [2.45, 2.75) is 46.3 Å². The molecule has 1 aromatic heterocycles. The number of aliphatic carboxylic acids is 1. The predicted molar refractivity (Wildman–Crippen MR) is 59.3 cm³/mol. The van der Waals surface area contributed by atoms with Crippen LogP contribution in [0.25, 0.3) is 0 Å². The average molecular weight is 226 g/mol. The molecule has 2 N–H and O–H groups in total. The molecule has 0 aromatic carbocycles. The highest BCUT2D eigenvalue weighted by molar-refractivity contribution is 5.70. The average Bonchev–Trinajstić information content (AvgIpc) is 2.29. The van der Waals surface area contributed by atoms with Crippen molar-refractivity contribution >= 4 is 5.97 Å². The number of carboxylic acids is 1. The number of nitrogens with zero attached hydrogens (tertiary/aromatic N) is 2. The minimum absolute atomic E-state index is 0.0243. The van der Waals surface area contributed by atoms with Crippen molar-refractivity contribution in [3.8, 4) is 0 Å². The minimum atomic E-state index is -0.867. The van der Waals surface area contributed by atoms with E-state index >= 15 is 0 Å². The van der Waals surface area contributed by atoms with Gasteiger partial charge in [-0.25, -0.2) is 0 Å². The Bertz CT molecular complexity index is 402. The highest BCUT2D eigenvalue weighted by atomic mass is 16.4. The fourth-order valence-corrected chi connectivity index (χ4v) is 1.66. The molecule has 0 saturated heterocycles. The number of aliphatic hydroxyl groups is 1. The van der Waals surface area contributed by atoms with Crippen LogP contribution in [0.2, 0.25) is 0 Å². The Labute approximate surface area is 94.7 Å². The molecule has 0 aliphatic carbocycles. The molecule has 0 radical (unpaired) electrons. The highest BCUT2D eigenvalue weighted by Crippen LogP contribution is 2.16. The van der Waals surface area contributed by atoms with Crippen LogP contribution in [0.5, 0.6) is 0 Å². The summed E-state index contributed by atoms with van der Waals surface area (Å²) in [7, 11) is 0. The lowest BCUT2D eigenvalue weighted by Gasteiger charge is -2.18. The van der Waals surface area contributed by atoms with E-state index < -0.39 is 11.6 Å². The van der Waals surface area contributed by atoms with Gasteiger partial charge in [0.05, 0.1) is 24.3 Å². The Balaban J connectivity index is 3.02. The second-order valence-corrected chi connectivity index (χ2v) is 4.69. The molecule has 0 spiro atoms. The monoisotopic (exact) mass is 226 g/mol. The third-order valence-electron chi connectivity index (χ3n) is 2.40. The summed E-state index contributed by atoms with van der Waals surface area (Å²) in [6, 6.07) is 0. The van der Waals surface area contributed by atoms with Crippen LogP contribution in [0.1, 0.15) is 30.8 Å². The summed E-state index contributed by atoms with van der Waals surface area (Å²) in [5, 5.41) is 22.7. The summed E-state index contributed by atoms with van der Waals surface area (Å²) in [5.74, 6) is -0.867. The fraction of sp³-hybridized carbons (Fsp3) is 0.636. The Morgan fingerprint density at radius 2 is 2.00 bits per heavy atom. The van der Waals surface area contributed by atoms with Crippen molar-refractivity contribution in [1.82, 2.24) is 9.78 Å². The van der Waals surface area contributed by atoms with Crippen LogP contribution in [0.4, 0.5) is 0 Å². The first kappa shape index (κ1) is 12.7. The van der Waals surface area contributed by atoms with Crippen LogP contribution in [0.3, 0.4) is 0 Å². The fourth-order valence-electron chi connectivity index (χ4n) is 1.66. The lowest BCUT2D eigenvalue weighted by Crippen LogP contribution is -2.27. The molecule has 0 bridgehead atoms. The van der Waals surface area contributed by atoms with Gasteiger partial charge in [-0.2, -0.15) is 5.10 Å². The molecule has 5 nitrogen and oxygen atoms in total. The van der Waals surface area contributed by atoms with Gasteiger partial charge in [-0.15, -0.1) is 0 Å². The molecular formula is C11H18N2O3. The molecule has 0 atom stereocenters. The first-order chi connectivity index (χ1) is 7.20. The van der Waals surface area contributed by atoms with Crippen molar-refractivity contribution in [2.75, 3.05) is 0 Å². The number of carboxylic acid groups (broad SMARTS) is 1. The van der Waals surface area contributed by atoms with Gasteiger partial charge in [-0.3, -0.25) is 9.48 Å². The van der Waals surface area contributed by atoms with Crippen LogP contribution in [0.15, 0.2) is 0 Å². The molecule has 5 heteroatoms. The Kier molecular flexibility index (Phi) is 3.38. The first-order valence-electron chi connectivity index (χ1n) is 5.18. The lowest BCUT2D eigenvalue weighted by molar-refractivity contribution is -0.136. The summed E-state index contributed by atoms with van der Waals surface area (Å²) >= 11 is 0. The SMILES string of the molecule is Cc1nn(CC(C)(C)O)c(C)c1CC(=O)O. The van der Waals surface area contributed by atoms with Gasteiger partial charge in [-0.05, 0) is 27.7 Å². The third-order valence-corrected chi connectivity index (χ3v) is 2.40. The molecule has 0 fully saturated rings. The molecule has 16 heavy (non-hydrogen) atoms. The molecule has 0 aliphatic heterocycles. The number of aryl methyl sites for hydroxylation is 1. The van der Waals surface area contributed by atoms with E-state index in [0.717, 1.165) is 11.3 Å². The minimum Gasteiger partial charge on any atom is -0.481 e. The summed E-state index contributed by atoms with van der Waals surface area (Å²) in [4.78, 5) is 10.7. The smallest absolute Gasteiger partial charge is 0.307 e. The highest BCUT2D eigenvalue weighted by Gasteiger charge is 2.19. The van der Waals surface area contributed by atoms with E-state index in [1.165, 1.54) is 0 Å². The van der Waals surface area contributed by atoms with Crippen LogP contribution in [-0.2, 0) is 17.8 Å². The molecule has 1 aromatic rings. The van der Waals surface area contributed by atoms with Gasteiger partial charge >= 0.3 is 5.97 Å². The Hall–Kier alpha value is -1.36. The van der Waals surface area contributed by atoms with Crippen molar-refractivity contribution in [2.24, 2.45) is 0 Å². The van der Waals surface area contributed by atoms with Crippen LogP contribution < -0.4 is 0 Å². The van der Waals surface area contributed by atoms with Gasteiger partial charge in [-0.1, -0.05) is 0 Å². The molecule has 90 valence electrons. The van der Waals surface area contributed by atoms with Crippen molar-refractivity contribution in [3.05, 3.63) is 17.0 Å². The topological polar surface area (TPSA) is 75.3 Å². The van der Waals surface area contributed by atoms with Gasteiger partial charge in [0.1, 0.15) is 0 Å². The largest absolute Gasteiger partial charge is 0.481 e. The number of rotatable bonds is 4. The zero-order valence-electron chi connectivity index (χ0n) is 10.1. The van der Waals surface area contributed by atoms with E-state index in [9.17, 15) is 9.90 Å². The molecule has 0 saturated carbocycles. The van der Waals surface area contributed by atoms with E-state index in [2.05, 4.69) is 5.10 Å². The maximum atomic E-state index is 10.7. The van der Waals surface area contributed by atoms with E-state index in [-0.39, 0.29) is 6.42 Å². The molecule has 0 aliphatic rings. The molecule has 0 amide bonds. The Morgan fingerprint density at radius 3 is 2.44 bits per heavy atom. The zero-order chi connectivity index (χ0) is 12.5. The molecular weight excluding hydrogens is 208 g/mol. The second kappa shape index (κ2) is 4.25. The Morgan fingerprint density at radius 1 is 1.44 bits per heavy atom. The first-order valence-corrected chi connectivity index (χ1v) is 5.18. The van der Waals surface area contributed by atoms with Gasteiger partial charge < -0.3 is 10.2 Å². The van der Waals surface area contributed by atoms with Gasteiger partial charge in [0.25, 0.3) is 0 Å². The van der Waals surface area contributed by atoms with Crippen molar-refractivity contribution < 1.29 is 15.0 Å². The normalized spacial score (nSPS) is 11.8. The van der Waals surface area contributed by atoms with Gasteiger partial charge in [0.2, 0.25) is 0 Å². The summed E-state index contributed by atoms with van der Waals surface area (Å²) in [6.07, 6.45) is -0.0243. The lowest BCUT2D eigenvalue weighted by atomic mass is 10.1. The number of hydrogen-bond donors (Lipinski definition) is 2. The van der Waals surface area contributed by atoms with Crippen LogP contribution in [-0.4, -0.2) is 31.6 Å². The standard InChI is InChI=1S/C11H18N2O3/c1-7-9(5-10(14)15)8(2)13(12-7)6-11(3,4)16/h16H,5-6H2,1-4H3,(H,14,15). The second-order valence-electron chi connectivity index (χ2n) is 4.69. The van der Waals surface area contributed by atoms with E-state index in [1.54, 1.807) is 25.5 Å². The zero-order valence-corrected chi connectivity index (χ0v) is 10.1.